The fraction of sp³-hybridized carbons (Fsp3) is 0.875. The Morgan fingerprint density at radius 1 is 1.56 bits per heavy atom. The van der Waals surface area contributed by atoms with Gasteiger partial charge in [0.1, 0.15) is 18.8 Å². The van der Waals surface area contributed by atoms with Gasteiger partial charge in [0.05, 0.1) is 0 Å². The predicted molar refractivity (Wildman–Crippen MR) is 40.2 cm³/mol. The molecule has 0 radical (unpaired) electrons. The van der Waals surface area contributed by atoms with Gasteiger partial charge in [0.25, 0.3) is 0 Å². The van der Waals surface area contributed by atoms with Crippen molar-refractivity contribution in [2.24, 2.45) is 0 Å². The lowest BCUT2D eigenvalue weighted by Crippen LogP contribution is -2.28. The minimum Gasteiger partial charge on any atom is -0.238 e. The van der Waals surface area contributed by atoms with Crippen LogP contribution >= 0.6 is 0 Å². The van der Waals surface area contributed by atoms with Crippen LogP contribution < -0.4 is 0 Å². The van der Waals surface area contributed by atoms with Crippen molar-refractivity contribution in [3.63, 3.8) is 0 Å². The van der Waals surface area contributed by atoms with Crippen molar-refractivity contribution in [3.8, 4) is 0 Å². The first kappa shape index (κ1) is 6.79. The fourth-order valence-corrected chi connectivity index (χ4v) is 1.40. The lowest BCUT2D eigenvalue weighted by Gasteiger charge is -2.15. The van der Waals surface area contributed by atoms with Gasteiger partial charge in [0.2, 0.25) is 0 Å². The highest BCUT2D eigenvalue weighted by molar-refractivity contribution is 5.77. The first-order valence-corrected chi connectivity index (χ1v) is 3.77. The molecule has 1 nitrogen and oxygen atoms in total. The topological polar surface area (TPSA) is 3.01 Å². The maximum atomic E-state index is 2.39. The van der Waals surface area contributed by atoms with E-state index in [0.717, 1.165) is 6.04 Å². The minimum absolute atomic E-state index is 0.777. The van der Waals surface area contributed by atoms with E-state index in [1.54, 1.807) is 5.71 Å². The molecule has 0 saturated carbocycles. The van der Waals surface area contributed by atoms with Gasteiger partial charge in [-0.2, -0.15) is 0 Å². The largest absolute Gasteiger partial charge is 0.238 e. The molecule has 0 aromatic heterocycles. The zero-order chi connectivity index (χ0) is 6.85. The number of hydrogen-bond donors (Lipinski definition) is 0. The van der Waals surface area contributed by atoms with Crippen LogP contribution in [0.5, 0.6) is 0 Å². The van der Waals surface area contributed by atoms with Crippen LogP contribution in [0.2, 0.25) is 0 Å². The van der Waals surface area contributed by atoms with Crippen LogP contribution in [-0.2, 0) is 0 Å². The molecule has 9 heavy (non-hydrogen) atoms. The summed E-state index contributed by atoms with van der Waals surface area (Å²) in [5, 5.41) is 0. The molecule has 0 amide bonds. The monoisotopic (exact) mass is 126 g/mol. The Labute approximate surface area is 57.4 Å². The van der Waals surface area contributed by atoms with Crippen molar-refractivity contribution < 1.29 is 4.58 Å². The summed E-state index contributed by atoms with van der Waals surface area (Å²) < 4.78 is 2.39. The number of rotatable bonds is 0. The molecule has 1 unspecified atom stereocenters. The van der Waals surface area contributed by atoms with Crippen LogP contribution in [0, 0.1) is 0 Å². The minimum atomic E-state index is 0.777. The summed E-state index contributed by atoms with van der Waals surface area (Å²) in [6, 6.07) is 0.777. The second kappa shape index (κ2) is 2.51. The average molecular weight is 126 g/mol. The van der Waals surface area contributed by atoms with Gasteiger partial charge in [-0.15, -0.1) is 0 Å². The maximum Gasteiger partial charge on any atom is 0.149 e. The molecule has 1 heterocycles. The summed E-state index contributed by atoms with van der Waals surface area (Å²) >= 11 is 0. The molecule has 0 fully saturated rings. The van der Waals surface area contributed by atoms with Gasteiger partial charge >= 0.3 is 0 Å². The predicted octanol–water partition coefficient (Wildman–Crippen LogP) is 1.66. The second-order valence-corrected chi connectivity index (χ2v) is 3.09. The van der Waals surface area contributed by atoms with Crippen molar-refractivity contribution in [2.45, 2.75) is 39.2 Å². The molecule has 1 aliphatic heterocycles. The van der Waals surface area contributed by atoms with Crippen molar-refractivity contribution in [1.29, 1.82) is 0 Å². The highest BCUT2D eigenvalue weighted by atomic mass is 15.0. The zero-order valence-corrected chi connectivity index (χ0v) is 6.65. The Kier molecular flexibility index (Phi) is 1.89. The fourth-order valence-electron chi connectivity index (χ4n) is 1.40. The molecule has 1 aliphatic rings. The van der Waals surface area contributed by atoms with Crippen LogP contribution in [0.25, 0.3) is 0 Å². The molecule has 1 rings (SSSR count). The van der Waals surface area contributed by atoms with Crippen molar-refractivity contribution >= 4 is 5.71 Å². The average Bonchev–Trinajstić information content (AvgIpc) is 1.83. The molecule has 0 spiro atoms. The highest BCUT2D eigenvalue weighted by Crippen LogP contribution is 2.10. The summed E-state index contributed by atoms with van der Waals surface area (Å²) in [5.74, 6) is 0. The quantitative estimate of drug-likeness (QED) is 0.434. The van der Waals surface area contributed by atoms with Crippen molar-refractivity contribution in [1.82, 2.24) is 0 Å². The van der Waals surface area contributed by atoms with Crippen LogP contribution in [0.3, 0.4) is 0 Å². The summed E-state index contributed by atoms with van der Waals surface area (Å²) in [6.07, 6.45) is 4.06. The van der Waals surface area contributed by atoms with Crippen molar-refractivity contribution in [2.75, 3.05) is 7.05 Å². The van der Waals surface area contributed by atoms with Gasteiger partial charge in [-0.3, -0.25) is 0 Å². The van der Waals surface area contributed by atoms with Gasteiger partial charge in [-0.25, -0.2) is 4.58 Å². The van der Waals surface area contributed by atoms with E-state index in [1.807, 2.05) is 0 Å². The van der Waals surface area contributed by atoms with E-state index in [2.05, 4.69) is 25.5 Å². The number of nitrogens with zero attached hydrogens (tertiary/aromatic N) is 1. The Morgan fingerprint density at radius 3 is 2.67 bits per heavy atom. The van der Waals surface area contributed by atoms with E-state index >= 15 is 0 Å². The lowest BCUT2D eigenvalue weighted by atomic mass is 10.0. The van der Waals surface area contributed by atoms with E-state index < -0.39 is 0 Å². The molecule has 1 heteroatoms. The Balaban J connectivity index is 2.72. The molecule has 0 saturated heterocycles. The van der Waals surface area contributed by atoms with Crippen LogP contribution in [0.15, 0.2) is 0 Å². The lowest BCUT2D eigenvalue weighted by molar-refractivity contribution is -0.540. The molecule has 0 aromatic carbocycles. The van der Waals surface area contributed by atoms with Crippen molar-refractivity contribution in [3.05, 3.63) is 0 Å². The first-order valence-electron chi connectivity index (χ1n) is 3.77. The van der Waals surface area contributed by atoms with E-state index in [0.29, 0.717) is 0 Å². The Bertz CT molecular complexity index is 136. The highest BCUT2D eigenvalue weighted by Gasteiger charge is 2.18. The molecule has 0 aliphatic carbocycles. The molecule has 0 aromatic rings. The van der Waals surface area contributed by atoms with E-state index in [9.17, 15) is 0 Å². The standard InChI is InChI=1S/C8H16N/c1-7-5-4-6-8(2)9(7)3/h7H,4-6H2,1-3H3/q+1. The molecule has 0 bridgehead atoms. The third-order valence-electron chi connectivity index (χ3n) is 2.42. The molecule has 1 atom stereocenters. The Morgan fingerprint density at radius 2 is 2.22 bits per heavy atom. The first-order chi connectivity index (χ1) is 4.22. The summed E-state index contributed by atoms with van der Waals surface area (Å²) in [5.41, 5.74) is 1.55. The SMILES string of the molecule is CC1=[N+](C)C(C)CCC1. The molecule has 52 valence electrons. The molecular formula is C8H16N+. The maximum absolute atomic E-state index is 2.39. The second-order valence-electron chi connectivity index (χ2n) is 3.09. The van der Waals surface area contributed by atoms with E-state index in [4.69, 9.17) is 0 Å². The smallest absolute Gasteiger partial charge is 0.149 e. The Hall–Kier alpha value is -0.330. The summed E-state index contributed by atoms with van der Waals surface area (Å²) in [7, 11) is 2.19. The summed E-state index contributed by atoms with van der Waals surface area (Å²) in [4.78, 5) is 0. The third-order valence-corrected chi connectivity index (χ3v) is 2.42. The number of hydrogen-bond acceptors (Lipinski definition) is 0. The van der Waals surface area contributed by atoms with Gasteiger partial charge in [-0.05, 0) is 13.3 Å². The van der Waals surface area contributed by atoms with E-state index in [-0.39, 0.29) is 0 Å². The van der Waals surface area contributed by atoms with Crippen LogP contribution in [-0.4, -0.2) is 23.4 Å². The molecular weight excluding hydrogens is 110 g/mol. The van der Waals surface area contributed by atoms with E-state index in [1.165, 1.54) is 19.3 Å². The van der Waals surface area contributed by atoms with Gasteiger partial charge in [0.15, 0.2) is 0 Å². The van der Waals surface area contributed by atoms with Gasteiger partial charge < -0.3 is 0 Å². The molecule has 0 N–H and O–H groups in total. The third kappa shape index (κ3) is 1.32. The van der Waals surface area contributed by atoms with Gasteiger partial charge in [0, 0.05) is 19.8 Å². The summed E-state index contributed by atoms with van der Waals surface area (Å²) in [6.45, 7) is 4.53. The zero-order valence-electron chi connectivity index (χ0n) is 6.65. The normalized spacial score (nSPS) is 29.0. The van der Waals surface area contributed by atoms with Crippen LogP contribution in [0.4, 0.5) is 0 Å². The van der Waals surface area contributed by atoms with Crippen LogP contribution in [0.1, 0.15) is 33.1 Å². The van der Waals surface area contributed by atoms with Gasteiger partial charge in [-0.1, -0.05) is 0 Å².